The fourth-order valence-corrected chi connectivity index (χ4v) is 1.96. The third kappa shape index (κ3) is 3.60. The predicted octanol–water partition coefficient (Wildman–Crippen LogP) is 2.34. The van der Waals surface area contributed by atoms with Crippen LogP contribution in [0.3, 0.4) is 0 Å². The summed E-state index contributed by atoms with van der Waals surface area (Å²) >= 11 is 0. The Morgan fingerprint density at radius 2 is 2.00 bits per heavy atom. The number of amides is 1. The minimum Gasteiger partial charge on any atom is -0.373 e. The first kappa shape index (κ1) is 14.1. The molecule has 2 N–H and O–H groups in total. The number of nitrogens with zero attached hydrogens (tertiary/aromatic N) is 2. The number of aromatic nitrogens is 2. The van der Waals surface area contributed by atoms with E-state index in [0.29, 0.717) is 0 Å². The van der Waals surface area contributed by atoms with Gasteiger partial charge in [0.25, 0.3) is 0 Å². The number of hydrogen-bond donors (Lipinski definition) is 2. The summed E-state index contributed by atoms with van der Waals surface area (Å²) in [5.41, 5.74) is 3.86. The van der Waals surface area contributed by atoms with Gasteiger partial charge in [0.05, 0.1) is 17.9 Å². The second-order valence-corrected chi connectivity index (χ2v) is 4.78. The minimum absolute atomic E-state index is 0.0697. The van der Waals surface area contributed by atoms with Gasteiger partial charge in [-0.2, -0.15) is 5.10 Å². The van der Waals surface area contributed by atoms with Gasteiger partial charge in [-0.3, -0.25) is 9.48 Å². The van der Waals surface area contributed by atoms with Crippen molar-refractivity contribution >= 4 is 17.3 Å². The van der Waals surface area contributed by atoms with Crippen LogP contribution in [0.2, 0.25) is 0 Å². The fraction of sp³-hybridized carbons (Fsp3) is 0.333. The maximum Gasteiger partial charge on any atom is 0.243 e. The second kappa shape index (κ2) is 6.23. The molecule has 1 aromatic carbocycles. The second-order valence-electron chi connectivity index (χ2n) is 4.78. The van der Waals surface area contributed by atoms with E-state index in [4.69, 9.17) is 0 Å². The molecular weight excluding hydrogens is 252 g/mol. The van der Waals surface area contributed by atoms with Gasteiger partial charge >= 0.3 is 0 Å². The number of anilines is 2. The van der Waals surface area contributed by atoms with Gasteiger partial charge < -0.3 is 10.6 Å². The van der Waals surface area contributed by atoms with E-state index in [1.807, 2.05) is 51.4 Å². The summed E-state index contributed by atoms with van der Waals surface area (Å²) in [6.07, 6.45) is 2.72. The van der Waals surface area contributed by atoms with E-state index in [1.165, 1.54) is 5.56 Å². The molecule has 106 valence electrons. The van der Waals surface area contributed by atoms with Gasteiger partial charge in [-0.15, -0.1) is 0 Å². The van der Waals surface area contributed by atoms with Crippen molar-refractivity contribution in [3.63, 3.8) is 0 Å². The molecule has 0 saturated heterocycles. The van der Waals surface area contributed by atoms with Crippen LogP contribution >= 0.6 is 0 Å². The summed E-state index contributed by atoms with van der Waals surface area (Å²) in [6, 6.07) is 7.74. The van der Waals surface area contributed by atoms with Crippen LogP contribution in [0, 0.1) is 6.92 Å². The molecule has 5 heteroatoms. The zero-order valence-electron chi connectivity index (χ0n) is 12.1. The lowest BCUT2D eigenvalue weighted by molar-refractivity contribution is -0.114. The first-order valence-corrected chi connectivity index (χ1v) is 6.71. The number of carbonyl (C=O) groups is 1. The molecule has 2 rings (SSSR count). The zero-order chi connectivity index (χ0) is 14.5. The van der Waals surface area contributed by atoms with Gasteiger partial charge in [0.1, 0.15) is 0 Å². The summed E-state index contributed by atoms with van der Waals surface area (Å²) in [5.74, 6) is -0.0697. The number of rotatable bonds is 5. The van der Waals surface area contributed by atoms with Crippen molar-refractivity contribution in [2.24, 2.45) is 7.05 Å². The van der Waals surface area contributed by atoms with Crippen LogP contribution in [0.15, 0.2) is 30.5 Å². The normalized spacial score (nSPS) is 10.3. The highest BCUT2D eigenvalue weighted by Crippen LogP contribution is 2.13. The first-order chi connectivity index (χ1) is 9.58. The molecule has 5 nitrogen and oxygen atoms in total. The smallest absolute Gasteiger partial charge is 0.243 e. The quantitative estimate of drug-likeness (QED) is 0.878. The van der Waals surface area contributed by atoms with Crippen molar-refractivity contribution < 1.29 is 4.79 Å². The number of nitrogens with one attached hydrogen (secondary N) is 2. The van der Waals surface area contributed by atoms with E-state index < -0.39 is 0 Å². The van der Waals surface area contributed by atoms with E-state index in [1.54, 1.807) is 4.68 Å². The molecule has 2 aromatic rings. The zero-order valence-corrected chi connectivity index (χ0v) is 12.1. The molecule has 0 radical (unpaired) electrons. The molecule has 0 unspecified atom stereocenters. The maximum atomic E-state index is 11.9. The highest BCUT2D eigenvalue weighted by molar-refractivity contribution is 5.93. The summed E-state index contributed by atoms with van der Waals surface area (Å²) < 4.78 is 1.75. The van der Waals surface area contributed by atoms with Gasteiger partial charge in [-0.1, -0.05) is 24.6 Å². The molecular formula is C15H20N4O. The standard InChI is InChI=1S/C15H20N4O/c1-4-13-14(10-19(3)18-13)16-9-15(20)17-12-7-5-11(2)6-8-12/h5-8,10,16H,4,9H2,1-3H3,(H,17,20). The van der Waals surface area contributed by atoms with E-state index in [2.05, 4.69) is 15.7 Å². The van der Waals surface area contributed by atoms with E-state index in [0.717, 1.165) is 23.5 Å². The highest BCUT2D eigenvalue weighted by Gasteiger charge is 2.07. The summed E-state index contributed by atoms with van der Waals surface area (Å²) in [6.45, 7) is 4.29. The van der Waals surface area contributed by atoms with E-state index >= 15 is 0 Å². The lowest BCUT2D eigenvalue weighted by Gasteiger charge is -2.07. The monoisotopic (exact) mass is 272 g/mol. The van der Waals surface area contributed by atoms with Crippen molar-refractivity contribution in [1.29, 1.82) is 0 Å². The molecule has 0 aliphatic carbocycles. The van der Waals surface area contributed by atoms with Crippen molar-refractivity contribution in [3.05, 3.63) is 41.7 Å². The Morgan fingerprint density at radius 3 is 2.65 bits per heavy atom. The van der Waals surface area contributed by atoms with Crippen LogP contribution in [0.5, 0.6) is 0 Å². The van der Waals surface area contributed by atoms with Crippen molar-refractivity contribution in [3.8, 4) is 0 Å². The molecule has 1 aromatic heterocycles. The van der Waals surface area contributed by atoms with Gasteiger partial charge in [-0.05, 0) is 25.5 Å². The Labute approximate surface area is 119 Å². The lowest BCUT2D eigenvalue weighted by atomic mass is 10.2. The number of aryl methyl sites for hydroxylation is 3. The van der Waals surface area contributed by atoms with Crippen LogP contribution in [0.1, 0.15) is 18.2 Å². The number of carbonyl (C=O) groups excluding carboxylic acids is 1. The summed E-state index contributed by atoms with van der Waals surface area (Å²) in [7, 11) is 1.87. The predicted molar refractivity (Wildman–Crippen MR) is 80.9 cm³/mol. The maximum absolute atomic E-state index is 11.9. The fourth-order valence-electron chi connectivity index (χ4n) is 1.96. The van der Waals surface area contributed by atoms with Crippen molar-refractivity contribution in [2.75, 3.05) is 17.2 Å². The molecule has 1 heterocycles. The first-order valence-electron chi connectivity index (χ1n) is 6.71. The molecule has 0 fully saturated rings. The van der Waals surface area contributed by atoms with Crippen LogP contribution in [0.25, 0.3) is 0 Å². The minimum atomic E-state index is -0.0697. The summed E-state index contributed by atoms with van der Waals surface area (Å²) in [5, 5.41) is 10.3. The molecule has 0 saturated carbocycles. The molecule has 1 amide bonds. The average molecular weight is 272 g/mol. The Hall–Kier alpha value is -2.30. The highest BCUT2D eigenvalue weighted by atomic mass is 16.1. The largest absolute Gasteiger partial charge is 0.373 e. The third-order valence-corrected chi connectivity index (χ3v) is 3.01. The SMILES string of the molecule is CCc1nn(C)cc1NCC(=O)Nc1ccc(C)cc1. The van der Waals surface area contributed by atoms with Crippen molar-refractivity contribution in [2.45, 2.75) is 20.3 Å². The molecule has 0 bridgehead atoms. The lowest BCUT2D eigenvalue weighted by Crippen LogP contribution is -2.21. The van der Waals surface area contributed by atoms with Crippen LogP contribution in [0.4, 0.5) is 11.4 Å². The van der Waals surface area contributed by atoms with Crippen molar-refractivity contribution in [1.82, 2.24) is 9.78 Å². The van der Waals surface area contributed by atoms with Gasteiger partial charge in [0.15, 0.2) is 0 Å². The molecule has 0 aliphatic heterocycles. The molecule has 0 spiro atoms. The van der Waals surface area contributed by atoms with Gasteiger partial charge in [0, 0.05) is 18.9 Å². The molecule has 20 heavy (non-hydrogen) atoms. The topological polar surface area (TPSA) is 59.0 Å². The summed E-state index contributed by atoms with van der Waals surface area (Å²) in [4.78, 5) is 11.9. The number of hydrogen-bond acceptors (Lipinski definition) is 3. The van der Waals surface area contributed by atoms with Gasteiger partial charge in [-0.25, -0.2) is 0 Å². The van der Waals surface area contributed by atoms with E-state index in [-0.39, 0.29) is 12.5 Å². The Bertz CT molecular complexity index is 586. The Kier molecular flexibility index (Phi) is 4.40. The Balaban J connectivity index is 1.90. The number of benzene rings is 1. The Morgan fingerprint density at radius 1 is 1.30 bits per heavy atom. The van der Waals surface area contributed by atoms with Crippen LogP contribution < -0.4 is 10.6 Å². The van der Waals surface area contributed by atoms with Gasteiger partial charge in [0.2, 0.25) is 5.91 Å². The van der Waals surface area contributed by atoms with Crippen LogP contribution in [-0.2, 0) is 18.3 Å². The molecule has 0 aliphatic rings. The third-order valence-electron chi connectivity index (χ3n) is 3.01. The average Bonchev–Trinajstić information content (AvgIpc) is 2.79. The molecule has 0 atom stereocenters. The van der Waals surface area contributed by atoms with E-state index in [9.17, 15) is 4.79 Å². The van der Waals surface area contributed by atoms with Crippen LogP contribution in [-0.4, -0.2) is 22.2 Å².